The number of imidazole rings is 1. The van der Waals surface area contributed by atoms with E-state index >= 15 is 0 Å². The number of fused-ring (bicyclic) bond motifs is 2. The van der Waals surface area contributed by atoms with Crippen molar-refractivity contribution in [2.75, 3.05) is 13.4 Å². The van der Waals surface area contributed by atoms with Gasteiger partial charge in [-0.2, -0.15) is 0 Å². The second-order valence-corrected chi connectivity index (χ2v) is 6.33. The van der Waals surface area contributed by atoms with Crippen LogP contribution in [0.25, 0.3) is 22.6 Å². The Hall–Kier alpha value is -3.74. The topological polar surface area (TPSA) is 67.0 Å². The van der Waals surface area contributed by atoms with Crippen molar-refractivity contribution in [3.63, 3.8) is 0 Å². The molecule has 7 heteroatoms. The van der Waals surface area contributed by atoms with Gasteiger partial charge in [0.15, 0.2) is 11.5 Å². The lowest BCUT2D eigenvalue weighted by Gasteiger charge is -2.07. The van der Waals surface area contributed by atoms with Crippen LogP contribution in [-0.4, -0.2) is 27.4 Å². The van der Waals surface area contributed by atoms with Crippen molar-refractivity contribution in [3.05, 3.63) is 71.4 Å². The van der Waals surface area contributed by atoms with Crippen LogP contribution in [0.15, 0.2) is 65.8 Å². The Morgan fingerprint density at radius 1 is 1.07 bits per heavy atom. The molecular weight excluding hydrogens is 358 g/mol. The maximum Gasteiger partial charge on any atom is 0.298 e. The molecule has 0 spiro atoms. The van der Waals surface area contributed by atoms with E-state index in [1.165, 1.54) is 0 Å². The van der Waals surface area contributed by atoms with Gasteiger partial charge in [0.05, 0.1) is 12.3 Å². The van der Waals surface area contributed by atoms with E-state index < -0.39 is 0 Å². The highest BCUT2D eigenvalue weighted by atomic mass is 16.7. The number of rotatable bonds is 4. The van der Waals surface area contributed by atoms with E-state index in [1.807, 2.05) is 61.8 Å². The van der Waals surface area contributed by atoms with Gasteiger partial charge in [0.1, 0.15) is 5.75 Å². The van der Waals surface area contributed by atoms with Crippen molar-refractivity contribution in [3.8, 4) is 34.2 Å². The van der Waals surface area contributed by atoms with Gasteiger partial charge in [-0.25, -0.2) is 4.98 Å². The SMILES string of the molecule is CCOc1ccc(-n2ccn3cc(-c4ccc5c(c4)OCO5)nc3c2=O)cc1. The van der Waals surface area contributed by atoms with Gasteiger partial charge in [-0.1, -0.05) is 0 Å². The fourth-order valence-corrected chi connectivity index (χ4v) is 3.25. The number of ether oxygens (including phenoxy) is 3. The summed E-state index contributed by atoms with van der Waals surface area (Å²) in [5.41, 5.74) is 2.46. The van der Waals surface area contributed by atoms with Gasteiger partial charge in [-0.05, 0) is 49.4 Å². The van der Waals surface area contributed by atoms with Crippen LogP contribution in [0, 0.1) is 0 Å². The molecule has 0 N–H and O–H groups in total. The average Bonchev–Trinajstić information content (AvgIpc) is 3.36. The lowest BCUT2D eigenvalue weighted by molar-refractivity contribution is 0.174. The van der Waals surface area contributed by atoms with E-state index in [-0.39, 0.29) is 12.4 Å². The molecule has 0 bridgehead atoms. The number of hydrogen-bond donors (Lipinski definition) is 0. The molecular formula is C21H17N3O4. The Balaban J connectivity index is 1.56. The van der Waals surface area contributed by atoms with Gasteiger partial charge in [0, 0.05) is 29.8 Å². The maximum atomic E-state index is 13.0. The quantitative estimate of drug-likeness (QED) is 0.548. The molecule has 5 rings (SSSR count). The van der Waals surface area contributed by atoms with Crippen LogP contribution in [0.4, 0.5) is 0 Å². The van der Waals surface area contributed by atoms with E-state index in [1.54, 1.807) is 15.2 Å². The molecule has 4 aromatic rings. The first-order valence-electron chi connectivity index (χ1n) is 8.96. The lowest BCUT2D eigenvalue weighted by Crippen LogP contribution is -2.19. The Morgan fingerprint density at radius 2 is 1.89 bits per heavy atom. The summed E-state index contributed by atoms with van der Waals surface area (Å²) in [4.78, 5) is 17.5. The predicted molar refractivity (Wildman–Crippen MR) is 104 cm³/mol. The predicted octanol–water partition coefficient (Wildman–Crippen LogP) is 3.28. The summed E-state index contributed by atoms with van der Waals surface area (Å²) >= 11 is 0. The first-order valence-corrected chi connectivity index (χ1v) is 8.96. The van der Waals surface area contributed by atoms with Crippen molar-refractivity contribution < 1.29 is 14.2 Å². The number of hydrogen-bond acceptors (Lipinski definition) is 5. The first kappa shape index (κ1) is 16.4. The van der Waals surface area contributed by atoms with Crippen LogP contribution in [0.3, 0.4) is 0 Å². The molecule has 0 saturated carbocycles. The van der Waals surface area contributed by atoms with Gasteiger partial charge in [-0.3, -0.25) is 9.36 Å². The zero-order valence-electron chi connectivity index (χ0n) is 15.2. The largest absolute Gasteiger partial charge is 0.494 e. The van der Waals surface area contributed by atoms with E-state index in [2.05, 4.69) is 4.98 Å². The number of benzene rings is 2. The Kier molecular flexibility index (Phi) is 3.79. The van der Waals surface area contributed by atoms with E-state index in [9.17, 15) is 4.79 Å². The Morgan fingerprint density at radius 3 is 2.71 bits per heavy atom. The molecule has 2 aromatic carbocycles. The van der Waals surface area contributed by atoms with Crippen molar-refractivity contribution in [2.45, 2.75) is 6.92 Å². The normalized spacial score (nSPS) is 12.5. The van der Waals surface area contributed by atoms with Crippen molar-refractivity contribution >= 4 is 5.65 Å². The molecule has 0 aliphatic carbocycles. The molecule has 0 radical (unpaired) electrons. The molecule has 3 heterocycles. The molecule has 0 amide bonds. The summed E-state index contributed by atoms with van der Waals surface area (Å²) in [6.07, 6.45) is 5.38. The highest BCUT2D eigenvalue weighted by Crippen LogP contribution is 2.35. The molecule has 2 aromatic heterocycles. The monoisotopic (exact) mass is 375 g/mol. The Bertz CT molecular complexity index is 1220. The minimum absolute atomic E-state index is 0.196. The third kappa shape index (κ3) is 2.68. The number of aromatic nitrogens is 3. The number of nitrogens with zero attached hydrogens (tertiary/aromatic N) is 3. The molecule has 1 aliphatic rings. The molecule has 140 valence electrons. The van der Waals surface area contributed by atoms with Gasteiger partial charge in [-0.15, -0.1) is 0 Å². The fourth-order valence-electron chi connectivity index (χ4n) is 3.25. The molecule has 28 heavy (non-hydrogen) atoms. The van der Waals surface area contributed by atoms with Crippen LogP contribution in [0.1, 0.15) is 6.92 Å². The van der Waals surface area contributed by atoms with Crippen molar-refractivity contribution in [2.24, 2.45) is 0 Å². The summed E-state index contributed by atoms with van der Waals surface area (Å²) in [6, 6.07) is 13.0. The molecule has 7 nitrogen and oxygen atoms in total. The molecule has 0 saturated heterocycles. The highest BCUT2D eigenvalue weighted by molar-refractivity contribution is 5.66. The minimum Gasteiger partial charge on any atom is -0.494 e. The molecule has 1 aliphatic heterocycles. The van der Waals surface area contributed by atoms with Crippen LogP contribution >= 0.6 is 0 Å². The van der Waals surface area contributed by atoms with Gasteiger partial charge >= 0.3 is 0 Å². The van der Waals surface area contributed by atoms with Crippen LogP contribution in [0.2, 0.25) is 0 Å². The second-order valence-electron chi connectivity index (χ2n) is 6.33. The second kappa shape index (κ2) is 6.45. The van der Waals surface area contributed by atoms with E-state index in [0.29, 0.717) is 29.4 Å². The molecule has 0 atom stereocenters. The Labute approximate surface area is 160 Å². The van der Waals surface area contributed by atoms with Gasteiger partial charge < -0.3 is 18.6 Å². The molecule has 0 fully saturated rings. The zero-order valence-corrected chi connectivity index (χ0v) is 15.2. The van der Waals surface area contributed by atoms with Crippen molar-refractivity contribution in [1.29, 1.82) is 0 Å². The summed E-state index contributed by atoms with van der Waals surface area (Å²) in [7, 11) is 0. The molecule has 0 unspecified atom stereocenters. The average molecular weight is 375 g/mol. The van der Waals surface area contributed by atoms with Crippen LogP contribution < -0.4 is 19.8 Å². The standard InChI is InChI=1S/C21H17N3O4/c1-2-26-16-6-4-15(5-7-16)24-10-9-23-12-17(22-20(23)21(24)25)14-3-8-18-19(11-14)28-13-27-18/h3-12H,2,13H2,1H3. The minimum atomic E-state index is -0.196. The third-order valence-electron chi connectivity index (χ3n) is 4.61. The van der Waals surface area contributed by atoms with E-state index in [4.69, 9.17) is 14.2 Å². The van der Waals surface area contributed by atoms with Gasteiger partial charge in [0.2, 0.25) is 12.4 Å². The van der Waals surface area contributed by atoms with E-state index in [0.717, 1.165) is 17.0 Å². The zero-order chi connectivity index (χ0) is 19.1. The van der Waals surface area contributed by atoms with Gasteiger partial charge in [0.25, 0.3) is 5.56 Å². The lowest BCUT2D eigenvalue weighted by atomic mass is 10.1. The summed E-state index contributed by atoms with van der Waals surface area (Å²) in [5.74, 6) is 2.16. The highest BCUT2D eigenvalue weighted by Gasteiger charge is 2.16. The van der Waals surface area contributed by atoms with Crippen LogP contribution in [-0.2, 0) is 0 Å². The van der Waals surface area contributed by atoms with Crippen LogP contribution in [0.5, 0.6) is 17.2 Å². The van der Waals surface area contributed by atoms with Crippen molar-refractivity contribution in [1.82, 2.24) is 14.0 Å². The fraction of sp³-hybridized carbons (Fsp3) is 0.143. The smallest absolute Gasteiger partial charge is 0.298 e. The summed E-state index contributed by atoms with van der Waals surface area (Å²) < 4.78 is 19.5. The maximum absolute atomic E-state index is 13.0. The summed E-state index contributed by atoms with van der Waals surface area (Å²) in [6.45, 7) is 2.75. The first-order chi connectivity index (χ1) is 13.7. The summed E-state index contributed by atoms with van der Waals surface area (Å²) in [5, 5.41) is 0. The third-order valence-corrected chi connectivity index (χ3v) is 4.61.